The van der Waals surface area contributed by atoms with Crippen LogP contribution in [0.5, 0.6) is 5.75 Å². The lowest BCUT2D eigenvalue weighted by Crippen LogP contribution is -2.38. The fourth-order valence-corrected chi connectivity index (χ4v) is 2.41. The SMILES string of the molecule is COc1cnnc(-c2cc[n+](CCCS(=O)(=O)OC)nc2)c1. The molecule has 2 aromatic rings. The van der Waals surface area contributed by atoms with Gasteiger partial charge < -0.3 is 4.74 Å². The number of rotatable bonds is 7. The molecule has 2 heterocycles. The first-order valence-corrected chi connectivity index (χ1v) is 8.13. The minimum atomic E-state index is -3.42. The van der Waals surface area contributed by atoms with Crippen LogP contribution in [0, 0.1) is 0 Å². The zero-order valence-electron chi connectivity index (χ0n) is 12.3. The summed E-state index contributed by atoms with van der Waals surface area (Å²) in [5.41, 5.74) is 1.45. The predicted molar refractivity (Wildman–Crippen MR) is 77.4 cm³/mol. The van der Waals surface area contributed by atoms with E-state index in [-0.39, 0.29) is 5.75 Å². The molecule has 0 saturated heterocycles. The summed E-state index contributed by atoms with van der Waals surface area (Å²) in [6, 6.07) is 3.60. The van der Waals surface area contributed by atoms with Gasteiger partial charge in [0.1, 0.15) is 11.9 Å². The van der Waals surface area contributed by atoms with Gasteiger partial charge in [-0.3, -0.25) is 4.18 Å². The molecule has 0 atom stereocenters. The van der Waals surface area contributed by atoms with Gasteiger partial charge in [-0.1, -0.05) is 4.68 Å². The number of aromatic nitrogens is 4. The van der Waals surface area contributed by atoms with Crippen molar-refractivity contribution in [2.45, 2.75) is 13.0 Å². The second-order valence-corrected chi connectivity index (χ2v) is 6.30. The minimum Gasteiger partial charge on any atom is -0.495 e. The first kappa shape index (κ1) is 16.2. The molecule has 0 fully saturated rings. The maximum absolute atomic E-state index is 11.2. The lowest BCUT2D eigenvalue weighted by molar-refractivity contribution is -0.753. The van der Waals surface area contributed by atoms with Crippen LogP contribution in [-0.4, -0.2) is 43.7 Å². The predicted octanol–water partition coefficient (Wildman–Crippen LogP) is 0.201. The summed E-state index contributed by atoms with van der Waals surface area (Å²) in [4.78, 5) is 0. The Morgan fingerprint density at radius 1 is 1.27 bits per heavy atom. The molecule has 0 aliphatic carbocycles. The van der Waals surface area contributed by atoms with Crippen molar-refractivity contribution in [1.82, 2.24) is 15.3 Å². The summed E-state index contributed by atoms with van der Waals surface area (Å²) in [5, 5.41) is 12.1. The van der Waals surface area contributed by atoms with E-state index in [9.17, 15) is 8.42 Å². The summed E-state index contributed by atoms with van der Waals surface area (Å²) in [6.45, 7) is 0.479. The van der Waals surface area contributed by atoms with Crippen LogP contribution in [0.4, 0.5) is 0 Å². The smallest absolute Gasteiger partial charge is 0.267 e. The number of aryl methyl sites for hydroxylation is 1. The van der Waals surface area contributed by atoms with Crippen molar-refractivity contribution in [3.63, 3.8) is 0 Å². The van der Waals surface area contributed by atoms with Crippen molar-refractivity contribution in [1.29, 1.82) is 0 Å². The zero-order valence-corrected chi connectivity index (χ0v) is 13.2. The van der Waals surface area contributed by atoms with Crippen LogP contribution in [0.25, 0.3) is 11.3 Å². The molecule has 0 aliphatic heterocycles. The number of ether oxygens (including phenoxy) is 1. The number of nitrogens with zero attached hydrogens (tertiary/aromatic N) is 4. The van der Waals surface area contributed by atoms with Crippen LogP contribution in [-0.2, 0) is 20.8 Å². The molecule has 2 rings (SSSR count). The summed E-state index contributed by atoms with van der Waals surface area (Å²) >= 11 is 0. The van der Waals surface area contributed by atoms with Crippen LogP contribution in [0.15, 0.2) is 30.7 Å². The van der Waals surface area contributed by atoms with E-state index in [4.69, 9.17) is 4.74 Å². The highest BCUT2D eigenvalue weighted by Crippen LogP contribution is 2.18. The van der Waals surface area contributed by atoms with Gasteiger partial charge in [0.2, 0.25) is 0 Å². The lowest BCUT2D eigenvalue weighted by atomic mass is 10.2. The first-order chi connectivity index (χ1) is 10.5. The lowest BCUT2D eigenvalue weighted by Gasteiger charge is -2.01. The van der Waals surface area contributed by atoms with Crippen molar-refractivity contribution in [3.8, 4) is 17.0 Å². The Hall–Kier alpha value is -2.13. The van der Waals surface area contributed by atoms with Crippen molar-refractivity contribution in [2.75, 3.05) is 20.0 Å². The topological polar surface area (TPSA) is 95.2 Å². The average Bonchev–Trinajstić information content (AvgIpc) is 2.55. The van der Waals surface area contributed by atoms with E-state index >= 15 is 0 Å². The highest BCUT2D eigenvalue weighted by atomic mass is 32.2. The third-order valence-corrected chi connectivity index (χ3v) is 4.26. The van der Waals surface area contributed by atoms with Crippen LogP contribution >= 0.6 is 0 Å². The third-order valence-electron chi connectivity index (χ3n) is 2.97. The molecule has 9 heteroatoms. The van der Waals surface area contributed by atoms with Crippen molar-refractivity contribution in [2.24, 2.45) is 0 Å². The Morgan fingerprint density at radius 3 is 2.73 bits per heavy atom. The van der Waals surface area contributed by atoms with Gasteiger partial charge in [-0.25, -0.2) is 0 Å². The molecule has 0 N–H and O–H groups in total. The molecule has 22 heavy (non-hydrogen) atoms. The number of methoxy groups -OCH3 is 1. The molecule has 0 aliphatic rings. The standard InChI is InChI=1S/C13H17N4O4S/c1-20-12-8-13(16-14-10-12)11-4-6-17(15-9-11)5-3-7-22(18,19)21-2/h4,6,8-10H,3,5,7H2,1-2H3/q+1. The third kappa shape index (κ3) is 4.43. The van der Waals surface area contributed by atoms with Gasteiger partial charge in [-0.15, -0.1) is 0 Å². The number of hydrogen-bond acceptors (Lipinski definition) is 7. The summed E-state index contributed by atoms with van der Waals surface area (Å²) in [7, 11) is -0.703. The second kappa shape index (κ2) is 7.23. The summed E-state index contributed by atoms with van der Waals surface area (Å²) in [5.74, 6) is 0.577. The summed E-state index contributed by atoms with van der Waals surface area (Å²) in [6.07, 6.45) is 5.35. The highest BCUT2D eigenvalue weighted by molar-refractivity contribution is 7.86. The highest BCUT2D eigenvalue weighted by Gasteiger charge is 2.12. The van der Waals surface area contributed by atoms with E-state index in [0.29, 0.717) is 24.4 Å². The van der Waals surface area contributed by atoms with Crippen molar-refractivity contribution in [3.05, 3.63) is 30.7 Å². The molecular formula is C13H17N4O4S+. The molecule has 118 valence electrons. The fourth-order valence-electron chi connectivity index (χ4n) is 1.76. The molecule has 0 amide bonds. The Labute approximate surface area is 128 Å². The van der Waals surface area contributed by atoms with Crippen LogP contribution in [0.3, 0.4) is 0 Å². The van der Waals surface area contributed by atoms with E-state index in [1.54, 1.807) is 30.3 Å². The largest absolute Gasteiger partial charge is 0.495 e. The quantitative estimate of drug-likeness (QED) is 0.530. The van der Waals surface area contributed by atoms with E-state index < -0.39 is 10.1 Å². The molecule has 0 unspecified atom stereocenters. The molecule has 8 nitrogen and oxygen atoms in total. The van der Waals surface area contributed by atoms with Gasteiger partial charge >= 0.3 is 0 Å². The van der Waals surface area contributed by atoms with Crippen LogP contribution in [0.1, 0.15) is 6.42 Å². The average molecular weight is 325 g/mol. The summed E-state index contributed by atoms with van der Waals surface area (Å²) < 4.78 is 33.6. The van der Waals surface area contributed by atoms with Gasteiger partial charge in [0.05, 0.1) is 31.9 Å². The van der Waals surface area contributed by atoms with E-state index in [0.717, 1.165) is 12.7 Å². The maximum Gasteiger partial charge on any atom is 0.267 e. The Kier molecular flexibility index (Phi) is 5.34. The molecule has 0 bridgehead atoms. The van der Waals surface area contributed by atoms with Crippen LogP contribution in [0.2, 0.25) is 0 Å². The van der Waals surface area contributed by atoms with Gasteiger partial charge in [0.25, 0.3) is 10.1 Å². The fraction of sp³-hybridized carbons (Fsp3) is 0.385. The molecule has 0 spiro atoms. The molecule has 0 radical (unpaired) electrons. The van der Waals surface area contributed by atoms with E-state index in [1.165, 1.54) is 6.20 Å². The first-order valence-electron chi connectivity index (χ1n) is 6.55. The van der Waals surface area contributed by atoms with Gasteiger partial charge in [0.15, 0.2) is 12.7 Å². The van der Waals surface area contributed by atoms with Crippen molar-refractivity contribution < 1.29 is 22.0 Å². The van der Waals surface area contributed by atoms with Crippen molar-refractivity contribution >= 4 is 10.1 Å². The second-order valence-electron chi connectivity index (χ2n) is 4.44. The molecule has 2 aromatic heterocycles. The molecular weight excluding hydrogens is 308 g/mol. The monoisotopic (exact) mass is 325 g/mol. The van der Waals surface area contributed by atoms with Crippen LogP contribution < -0.4 is 9.42 Å². The zero-order chi connectivity index (χ0) is 16.0. The van der Waals surface area contributed by atoms with E-state index in [2.05, 4.69) is 19.5 Å². The maximum atomic E-state index is 11.2. The number of hydrogen-bond donors (Lipinski definition) is 0. The minimum absolute atomic E-state index is 0.0404. The van der Waals surface area contributed by atoms with Gasteiger partial charge in [0, 0.05) is 24.1 Å². The van der Waals surface area contributed by atoms with E-state index in [1.807, 2.05) is 6.07 Å². The van der Waals surface area contributed by atoms with Gasteiger partial charge in [-0.05, 0) is 5.10 Å². The normalized spacial score (nSPS) is 11.4. The Morgan fingerprint density at radius 2 is 2.09 bits per heavy atom. The Balaban J connectivity index is 2.01. The Bertz CT molecular complexity index is 719. The van der Waals surface area contributed by atoms with Gasteiger partial charge in [-0.2, -0.15) is 18.6 Å². The molecule has 0 saturated carbocycles. The molecule has 0 aromatic carbocycles.